The van der Waals surface area contributed by atoms with Crippen LogP contribution in [0.1, 0.15) is 12.2 Å². The quantitative estimate of drug-likeness (QED) is 0.724. The minimum Gasteiger partial charge on any atom is -0.467 e. The zero-order valence-electron chi connectivity index (χ0n) is 13.7. The summed E-state index contributed by atoms with van der Waals surface area (Å²) in [4.78, 5) is 31.3. The molecule has 0 spiro atoms. The number of hydrogen-bond acceptors (Lipinski definition) is 4. The summed E-state index contributed by atoms with van der Waals surface area (Å²) in [6.07, 6.45) is 1.78. The zero-order valence-corrected chi connectivity index (χ0v) is 14.5. The number of hydrogen-bond donors (Lipinski definition) is 0. The Kier molecular flexibility index (Phi) is 4.01. The third kappa shape index (κ3) is 3.02. The Labute approximate surface area is 148 Å². The second-order valence-corrected chi connectivity index (χ2v) is 7.13. The van der Waals surface area contributed by atoms with Crippen molar-refractivity contribution < 1.29 is 14.0 Å². The van der Waals surface area contributed by atoms with Crippen molar-refractivity contribution in [2.75, 3.05) is 6.54 Å². The van der Waals surface area contributed by atoms with Crippen LogP contribution in [-0.4, -0.2) is 27.8 Å². The molecule has 1 aliphatic rings. The summed E-state index contributed by atoms with van der Waals surface area (Å²) in [7, 11) is 1.90. The average molecular weight is 355 g/mol. The zero-order chi connectivity index (χ0) is 17.4. The van der Waals surface area contributed by atoms with Gasteiger partial charge in [-0.2, -0.15) is 4.99 Å². The van der Waals surface area contributed by atoms with Crippen molar-refractivity contribution in [3.8, 4) is 0 Å². The molecule has 3 heterocycles. The Morgan fingerprint density at radius 1 is 1.32 bits per heavy atom. The number of furan rings is 1. The van der Waals surface area contributed by atoms with E-state index in [9.17, 15) is 9.59 Å². The largest absolute Gasteiger partial charge is 0.467 e. The lowest BCUT2D eigenvalue weighted by Crippen LogP contribution is -2.26. The van der Waals surface area contributed by atoms with E-state index in [0.717, 1.165) is 10.2 Å². The monoisotopic (exact) mass is 355 g/mol. The summed E-state index contributed by atoms with van der Waals surface area (Å²) in [6, 6.07) is 11.5. The van der Waals surface area contributed by atoms with Gasteiger partial charge in [-0.1, -0.05) is 23.5 Å². The Balaban J connectivity index is 1.55. The van der Waals surface area contributed by atoms with Crippen LogP contribution in [0.4, 0.5) is 0 Å². The van der Waals surface area contributed by atoms with Gasteiger partial charge in [0.1, 0.15) is 5.76 Å². The van der Waals surface area contributed by atoms with E-state index in [1.807, 2.05) is 41.9 Å². The summed E-state index contributed by atoms with van der Waals surface area (Å²) in [5.41, 5.74) is 1.04. The van der Waals surface area contributed by atoms with Crippen molar-refractivity contribution in [1.82, 2.24) is 9.47 Å². The SMILES string of the molecule is Cn1c(=NC(=O)C2CC(=O)N(Cc3ccco3)C2)sc2ccccc21. The van der Waals surface area contributed by atoms with Crippen molar-refractivity contribution in [3.05, 3.63) is 53.2 Å². The van der Waals surface area contributed by atoms with Crippen LogP contribution >= 0.6 is 11.3 Å². The highest BCUT2D eigenvalue weighted by Crippen LogP contribution is 2.22. The summed E-state index contributed by atoms with van der Waals surface area (Å²) >= 11 is 1.48. The number of fused-ring (bicyclic) bond motifs is 1. The van der Waals surface area contributed by atoms with Gasteiger partial charge < -0.3 is 13.9 Å². The van der Waals surface area contributed by atoms with Crippen molar-refractivity contribution in [2.24, 2.45) is 18.0 Å². The number of aromatic nitrogens is 1. The van der Waals surface area contributed by atoms with Crippen LogP contribution < -0.4 is 4.80 Å². The van der Waals surface area contributed by atoms with E-state index in [1.165, 1.54) is 11.3 Å². The highest BCUT2D eigenvalue weighted by atomic mass is 32.1. The van der Waals surface area contributed by atoms with Gasteiger partial charge in [-0.3, -0.25) is 9.59 Å². The minimum atomic E-state index is -0.396. The number of likely N-dealkylation sites (tertiary alicyclic amines) is 1. The van der Waals surface area contributed by atoms with Crippen LogP contribution in [0.25, 0.3) is 10.2 Å². The summed E-state index contributed by atoms with van der Waals surface area (Å²) < 4.78 is 8.27. The minimum absolute atomic E-state index is 0.0364. The first kappa shape index (κ1) is 15.8. The molecule has 1 unspecified atom stereocenters. The van der Waals surface area contributed by atoms with E-state index in [0.29, 0.717) is 23.7 Å². The van der Waals surface area contributed by atoms with E-state index in [4.69, 9.17) is 4.42 Å². The predicted molar refractivity (Wildman–Crippen MR) is 93.6 cm³/mol. The molecule has 6 nitrogen and oxygen atoms in total. The molecule has 1 aliphatic heterocycles. The van der Waals surface area contributed by atoms with Gasteiger partial charge in [-0.05, 0) is 24.3 Å². The maximum atomic E-state index is 12.6. The third-order valence-electron chi connectivity index (χ3n) is 4.41. The highest BCUT2D eigenvalue weighted by molar-refractivity contribution is 7.16. The number of benzene rings is 1. The molecule has 0 saturated carbocycles. The van der Waals surface area contributed by atoms with Crippen molar-refractivity contribution in [3.63, 3.8) is 0 Å². The molecular weight excluding hydrogens is 338 g/mol. The number of amides is 2. The van der Waals surface area contributed by atoms with Gasteiger partial charge in [0.05, 0.1) is 28.9 Å². The summed E-state index contributed by atoms with van der Waals surface area (Å²) in [5, 5.41) is 0. The topological polar surface area (TPSA) is 67.8 Å². The molecule has 1 atom stereocenters. The molecule has 3 aromatic rings. The smallest absolute Gasteiger partial charge is 0.253 e. The first-order valence-corrected chi connectivity index (χ1v) is 8.87. The van der Waals surface area contributed by atoms with Crippen LogP contribution in [0.15, 0.2) is 52.1 Å². The van der Waals surface area contributed by atoms with Gasteiger partial charge in [0.25, 0.3) is 5.91 Å². The van der Waals surface area contributed by atoms with Crippen molar-refractivity contribution in [2.45, 2.75) is 13.0 Å². The molecule has 25 heavy (non-hydrogen) atoms. The Morgan fingerprint density at radius 3 is 2.92 bits per heavy atom. The van der Waals surface area contributed by atoms with Crippen LogP contribution in [0.5, 0.6) is 0 Å². The molecule has 1 saturated heterocycles. The third-order valence-corrected chi connectivity index (χ3v) is 5.52. The van der Waals surface area contributed by atoms with Gasteiger partial charge in [0.15, 0.2) is 4.80 Å². The molecule has 2 aromatic heterocycles. The maximum Gasteiger partial charge on any atom is 0.253 e. The standard InChI is InChI=1S/C18H17N3O3S/c1-20-14-6-2-3-7-15(14)25-18(20)19-17(23)12-9-16(22)21(10-12)11-13-5-4-8-24-13/h2-8,12H,9-11H2,1H3. The maximum absolute atomic E-state index is 12.6. The van der Waals surface area contributed by atoms with Gasteiger partial charge in [0.2, 0.25) is 5.91 Å². The number of carbonyl (C=O) groups excluding carboxylic acids is 2. The van der Waals surface area contributed by atoms with Crippen LogP contribution in [0.2, 0.25) is 0 Å². The number of para-hydroxylation sites is 1. The predicted octanol–water partition coefficient (Wildman–Crippen LogP) is 2.31. The van der Waals surface area contributed by atoms with Gasteiger partial charge in [-0.25, -0.2) is 0 Å². The Morgan fingerprint density at radius 2 is 2.16 bits per heavy atom. The van der Waals surface area contributed by atoms with E-state index < -0.39 is 5.92 Å². The van der Waals surface area contributed by atoms with Crippen molar-refractivity contribution in [1.29, 1.82) is 0 Å². The molecular formula is C18H17N3O3S. The molecule has 0 N–H and O–H groups in total. The number of rotatable bonds is 3. The average Bonchev–Trinajstić information content (AvgIpc) is 3.31. The van der Waals surface area contributed by atoms with E-state index in [2.05, 4.69) is 4.99 Å². The first-order chi connectivity index (χ1) is 12.1. The van der Waals surface area contributed by atoms with E-state index >= 15 is 0 Å². The van der Waals surface area contributed by atoms with Crippen molar-refractivity contribution >= 4 is 33.4 Å². The molecule has 1 fully saturated rings. The fraction of sp³-hybridized carbons (Fsp3) is 0.278. The number of carbonyl (C=O) groups is 2. The van der Waals surface area contributed by atoms with E-state index in [-0.39, 0.29) is 18.2 Å². The van der Waals surface area contributed by atoms with Crippen LogP contribution in [0.3, 0.4) is 0 Å². The van der Waals surface area contributed by atoms with Gasteiger partial charge >= 0.3 is 0 Å². The fourth-order valence-electron chi connectivity index (χ4n) is 3.05. The first-order valence-electron chi connectivity index (χ1n) is 8.05. The highest BCUT2D eigenvalue weighted by Gasteiger charge is 2.34. The number of aryl methyl sites for hydroxylation is 1. The molecule has 4 rings (SSSR count). The number of nitrogens with zero attached hydrogens (tertiary/aromatic N) is 3. The second-order valence-electron chi connectivity index (χ2n) is 6.12. The summed E-state index contributed by atoms with van der Waals surface area (Å²) in [6.45, 7) is 0.781. The summed E-state index contributed by atoms with van der Waals surface area (Å²) in [5.74, 6) is 0.0464. The molecule has 0 aliphatic carbocycles. The molecule has 2 amide bonds. The number of thiazole rings is 1. The molecule has 7 heteroatoms. The Hall–Kier alpha value is -2.67. The molecule has 1 aromatic carbocycles. The fourth-order valence-corrected chi connectivity index (χ4v) is 4.08. The lowest BCUT2D eigenvalue weighted by Gasteiger charge is -2.13. The van der Waals surface area contributed by atoms with E-state index in [1.54, 1.807) is 17.2 Å². The van der Waals surface area contributed by atoms with Gasteiger partial charge in [-0.15, -0.1) is 0 Å². The van der Waals surface area contributed by atoms with Crippen LogP contribution in [-0.2, 0) is 23.2 Å². The molecule has 128 valence electrons. The lowest BCUT2D eigenvalue weighted by molar-refractivity contribution is -0.129. The second kappa shape index (κ2) is 6.33. The Bertz CT molecular complexity index is 1000. The normalized spacial score (nSPS) is 18.4. The van der Waals surface area contributed by atoms with Gasteiger partial charge in [0, 0.05) is 20.0 Å². The van der Waals surface area contributed by atoms with Crippen LogP contribution in [0, 0.1) is 5.92 Å². The lowest BCUT2D eigenvalue weighted by atomic mass is 10.1. The molecule has 0 bridgehead atoms. The molecule has 0 radical (unpaired) electrons.